The van der Waals surface area contributed by atoms with Gasteiger partial charge in [-0.05, 0) is 50.1 Å². The maximum Gasteiger partial charge on any atom is 0.246 e. The monoisotopic (exact) mass is 418 g/mol. The molecule has 29 heavy (non-hydrogen) atoms. The summed E-state index contributed by atoms with van der Waals surface area (Å²) >= 11 is 0. The van der Waals surface area contributed by atoms with Crippen molar-refractivity contribution in [1.29, 1.82) is 0 Å². The van der Waals surface area contributed by atoms with E-state index in [9.17, 15) is 13.2 Å². The molecule has 8 nitrogen and oxygen atoms in total. The van der Waals surface area contributed by atoms with Crippen LogP contribution in [0, 0.1) is 0 Å². The number of carbonyl (C=O) groups is 1. The van der Waals surface area contributed by atoms with Gasteiger partial charge in [0.25, 0.3) is 0 Å². The number of nitrogens with zero attached hydrogens (tertiary/aromatic N) is 2. The van der Waals surface area contributed by atoms with E-state index < -0.39 is 16.1 Å². The Kier molecular flexibility index (Phi) is 6.71. The summed E-state index contributed by atoms with van der Waals surface area (Å²) in [5.41, 5.74) is 1.23. The molecule has 2 heterocycles. The van der Waals surface area contributed by atoms with Gasteiger partial charge in [0.1, 0.15) is 6.04 Å². The van der Waals surface area contributed by atoms with Crippen molar-refractivity contribution in [2.75, 3.05) is 30.8 Å². The molecule has 3 rings (SSSR count). The van der Waals surface area contributed by atoms with Gasteiger partial charge in [-0.15, -0.1) is 0 Å². The number of sulfonamides is 1. The van der Waals surface area contributed by atoms with E-state index in [2.05, 4.69) is 15.6 Å². The van der Waals surface area contributed by atoms with Crippen molar-refractivity contribution in [3.05, 3.63) is 42.6 Å². The zero-order chi connectivity index (χ0) is 20.9. The molecule has 1 aromatic carbocycles. The third kappa shape index (κ3) is 5.24. The van der Waals surface area contributed by atoms with Gasteiger partial charge in [0.2, 0.25) is 21.8 Å². The van der Waals surface area contributed by atoms with E-state index >= 15 is 0 Å². The Labute approximate surface area is 171 Å². The Bertz CT molecular complexity index is 924. The molecule has 0 radical (unpaired) electrons. The summed E-state index contributed by atoms with van der Waals surface area (Å²) in [6.45, 7) is 2.85. The van der Waals surface area contributed by atoms with Gasteiger partial charge in [-0.1, -0.05) is 6.42 Å². The van der Waals surface area contributed by atoms with Gasteiger partial charge in [-0.25, -0.2) is 13.4 Å². The van der Waals surface area contributed by atoms with Gasteiger partial charge >= 0.3 is 0 Å². The Morgan fingerprint density at radius 2 is 1.72 bits per heavy atom. The molecule has 1 saturated heterocycles. The van der Waals surface area contributed by atoms with Crippen molar-refractivity contribution < 1.29 is 17.9 Å². The highest BCUT2D eigenvalue weighted by molar-refractivity contribution is 7.89. The number of hydrogen-bond donors (Lipinski definition) is 2. The van der Waals surface area contributed by atoms with E-state index in [0.717, 1.165) is 19.3 Å². The number of rotatable bonds is 7. The zero-order valence-electron chi connectivity index (χ0n) is 16.6. The van der Waals surface area contributed by atoms with Crippen molar-refractivity contribution >= 4 is 27.3 Å². The molecular formula is C20H26N4O4S. The Morgan fingerprint density at radius 1 is 1.07 bits per heavy atom. The summed E-state index contributed by atoms with van der Waals surface area (Å²) in [5.74, 6) is 0.250. The van der Waals surface area contributed by atoms with Gasteiger partial charge in [-0.2, -0.15) is 4.31 Å². The first-order valence-corrected chi connectivity index (χ1v) is 11.0. The Hall–Kier alpha value is -2.65. The standard InChI is InChI=1S/C20H26N4O4S/c1-15(22-17-8-11-19(28-2)21-14-17)20(25)23-16-6-9-18(10-7-16)29(26,27)24-12-4-3-5-13-24/h6-11,14-15,22H,3-5,12-13H2,1-2H3,(H,23,25). The van der Waals surface area contributed by atoms with Crippen LogP contribution in [0.4, 0.5) is 11.4 Å². The minimum atomic E-state index is -3.48. The highest BCUT2D eigenvalue weighted by Gasteiger charge is 2.25. The summed E-state index contributed by atoms with van der Waals surface area (Å²) in [7, 11) is -1.94. The van der Waals surface area contributed by atoms with E-state index in [4.69, 9.17) is 4.74 Å². The van der Waals surface area contributed by atoms with Crippen LogP contribution in [0.5, 0.6) is 5.88 Å². The fourth-order valence-electron chi connectivity index (χ4n) is 3.12. The number of carbonyl (C=O) groups excluding carboxylic acids is 1. The lowest BCUT2D eigenvalue weighted by Gasteiger charge is -2.25. The highest BCUT2D eigenvalue weighted by atomic mass is 32.2. The van der Waals surface area contributed by atoms with Crippen LogP contribution in [0.3, 0.4) is 0 Å². The molecule has 1 fully saturated rings. The maximum absolute atomic E-state index is 12.7. The van der Waals surface area contributed by atoms with Crippen LogP contribution in [0.1, 0.15) is 26.2 Å². The number of benzene rings is 1. The number of aromatic nitrogens is 1. The summed E-state index contributed by atoms with van der Waals surface area (Å²) in [5, 5.41) is 5.85. The van der Waals surface area contributed by atoms with Crippen LogP contribution in [-0.2, 0) is 14.8 Å². The van der Waals surface area contributed by atoms with Gasteiger partial charge in [0.05, 0.1) is 23.9 Å². The van der Waals surface area contributed by atoms with Gasteiger partial charge < -0.3 is 15.4 Å². The molecule has 2 N–H and O–H groups in total. The highest BCUT2D eigenvalue weighted by Crippen LogP contribution is 2.22. The molecular weight excluding hydrogens is 392 g/mol. The number of methoxy groups -OCH3 is 1. The van der Waals surface area contributed by atoms with Crippen molar-refractivity contribution in [3.63, 3.8) is 0 Å². The quantitative estimate of drug-likeness (QED) is 0.717. The summed E-state index contributed by atoms with van der Waals surface area (Å²) in [6, 6.07) is 9.25. The molecule has 0 spiro atoms. The summed E-state index contributed by atoms with van der Waals surface area (Å²) in [6.07, 6.45) is 4.43. The lowest BCUT2D eigenvalue weighted by molar-refractivity contribution is -0.116. The van der Waals surface area contributed by atoms with Crippen molar-refractivity contribution in [2.24, 2.45) is 0 Å². The smallest absolute Gasteiger partial charge is 0.246 e. The molecule has 0 aliphatic carbocycles. The third-order valence-corrected chi connectivity index (χ3v) is 6.71. The molecule has 0 saturated carbocycles. The number of hydrogen-bond acceptors (Lipinski definition) is 6. The van der Waals surface area contributed by atoms with Crippen LogP contribution in [0.25, 0.3) is 0 Å². The van der Waals surface area contributed by atoms with Crippen LogP contribution < -0.4 is 15.4 Å². The normalized spacial score (nSPS) is 16.1. The first-order chi connectivity index (χ1) is 13.9. The SMILES string of the molecule is COc1ccc(NC(C)C(=O)Nc2ccc(S(=O)(=O)N3CCCCC3)cc2)cn1. The summed E-state index contributed by atoms with van der Waals surface area (Å²) < 4.78 is 31.9. The van der Waals surface area contributed by atoms with Crippen LogP contribution in [0.2, 0.25) is 0 Å². The molecule has 9 heteroatoms. The predicted octanol–water partition coefficient (Wildman–Crippen LogP) is 2.70. The molecule has 1 aliphatic rings. The largest absolute Gasteiger partial charge is 0.481 e. The van der Waals surface area contributed by atoms with E-state index in [-0.39, 0.29) is 10.8 Å². The number of nitrogens with one attached hydrogen (secondary N) is 2. The first-order valence-electron chi connectivity index (χ1n) is 9.58. The molecule has 156 valence electrons. The van der Waals surface area contributed by atoms with Gasteiger partial charge in [0.15, 0.2) is 0 Å². The minimum Gasteiger partial charge on any atom is -0.481 e. The molecule has 1 amide bonds. The Morgan fingerprint density at radius 3 is 2.31 bits per heavy atom. The average molecular weight is 419 g/mol. The second kappa shape index (κ2) is 9.23. The molecule has 2 aromatic rings. The Balaban J connectivity index is 1.60. The number of anilines is 2. The number of piperidine rings is 1. The molecule has 1 aromatic heterocycles. The second-order valence-corrected chi connectivity index (χ2v) is 8.87. The van der Waals surface area contributed by atoms with Gasteiger partial charge in [-0.3, -0.25) is 4.79 Å². The molecule has 1 aliphatic heterocycles. The van der Waals surface area contributed by atoms with E-state index in [1.54, 1.807) is 37.4 Å². The van der Waals surface area contributed by atoms with Crippen molar-refractivity contribution in [1.82, 2.24) is 9.29 Å². The van der Waals surface area contributed by atoms with E-state index in [1.807, 2.05) is 0 Å². The number of ether oxygens (including phenoxy) is 1. The fourth-order valence-corrected chi connectivity index (χ4v) is 4.63. The van der Waals surface area contributed by atoms with E-state index in [1.165, 1.54) is 23.5 Å². The fraction of sp³-hybridized carbons (Fsp3) is 0.400. The van der Waals surface area contributed by atoms with Gasteiger partial charge in [0, 0.05) is 24.8 Å². The van der Waals surface area contributed by atoms with Crippen LogP contribution in [-0.4, -0.2) is 49.9 Å². The third-order valence-electron chi connectivity index (χ3n) is 4.80. The lowest BCUT2D eigenvalue weighted by atomic mass is 10.2. The predicted molar refractivity (Wildman–Crippen MR) is 112 cm³/mol. The zero-order valence-corrected chi connectivity index (χ0v) is 17.4. The van der Waals surface area contributed by atoms with Crippen molar-refractivity contribution in [2.45, 2.75) is 37.1 Å². The number of pyridine rings is 1. The second-order valence-electron chi connectivity index (χ2n) is 6.93. The first kappa shape index (κ1) is 21.1. The summed E-state index contributed by atoms with van der Waals surface area (Å²) in [4.78, 5) is 16.8. The molecule has 1 unspecified atom stereocenters. The van der Waals surface area contributed by atoms with Crippen LogP contribution in [0.15, 0.2) is 47.5 Å². The van der Waals surface area contributed by atoms with E-state index in [0.29, 0.717) is 30.3 Å². The minimum absolute atomic E-state index is 0.243. The maximum atomic E-state index is 12.7. The molecule has 0 bridgehead atoms. The average Bonchev–Trinajstić information content (AvgIpc) is 2.75. The van der Waals surface area contributed by atoms with Crippen molar-refractivity contribution in [3.8, 4) is 5.88 Å². The number of amides is 1. The lowest BCUT2D eigenvalue weighted by Crippen LogP contribution is -2.35. The van der Waals surface area contributed by atoms with Crippen LogP contribution >= 0.6 is 0 Å². The molecule has 1 atom stereocenters. The topological polar surface area (TPSA) is 101 Å².